The summed E-state index contributed by atoms with van der Waals surface area (Å²) in [6.07, 6.45) is 2.92. The summed E-state index contributed by atoms with van der Waals surface area (Å²) in [5.41, 5.74) is 0.827. The molecule has 18 heavy (non-hydrogen) atoms. The Balaban J connectivity index is 2.47. The molecule has 5 heteroatoms. The maximum Gasteiger partial charge on any atom is 0.147 e. The summed E-state index contributed by atoms with van der Waals surface area (Å²) < 4.78 is 35.0. The van der Waals surface area contributed by atoms with Crippen LogP contribution in [0.15, 0.2) is 24.3 Å². The summed E-state index contributed by atoms with van der Waals surface area (Å²) >= 11 is 0. The predicted molar refractivity (Wildman–Crippen MR) is 69.6 cm³/mol. The summed E-state index contributed by atoms with van der Waals surface area (Å²) in [5, 5.41) is 9.24. The minimum atomic E-state index is -2.95. The van der Waals surface area contributed by atoms with Gasteiger partial charge in [0.1, 0.15) is 15.7 Å². The molecule has 0 radical (unpaired) electrons. The van der Waals surface area contributed by atoms with E-state index in [1.807, 2.05) is 6.07 Å². The van der Waals surface area contributed by atoms with E-state index in [4.69, 9.17) is 0 Å². The quantitative estimate of drug-likeness (QED) is 0.825. The average Bonchev–Trinajstić information content (AvgIpc) is 2.26. The van der Waals surface area contributed by atoms with Crippen molar-refractivity contribution in [3.05, 3.63) is 35.6 Å². The van der Waals surface area contributed by atoms with Crippen LogP contribution in [-0.2, 0) is 16.3 Å². The van der Waals surface area contributed by atoms with E-state index in [0.717, 1.165) is 5.56 Å². The van der Waals surface area contributed by atoms with E-state index in [1.165, 1.54) is 18.4 Å². The predicted octanol–water partition coefficient (Wildman–Crippen LogP) is 1.80. The van der Waals surface area contributed by atoms with Crippen LogP contribution < -0.4 is 0 Å². The van der Waals surface area contributed by atoms with Crippen LogP contribution in [0, 0.1) is 11.7 Å². The molecule has 0 heterocycles. The zero-order chi connectivity index (χ0) is 13.6. The fourth-order valence-electron chi connectivity index (χ4n) is 1.89. The summed E-state index contributed by atoms with van der Waals surface area (Å²) in [6.45, 7) is -0.0136. The van der Waals surface area contributed by atoms with Gasteiger partial charge in [0.2, 0.25) is 0 Å². The SMILES string of the molecule is CS(=O)(=O)CCCC(CO)Cc1cccc(F)c1. The molecule has 0 aliphatic rings. The third-order valence-corrected chi connectivity index (χ3v) is 3.83. The minimum Gasteiger partial charge on any atom is -0.396 e. The van der Waals surface area contributed by atoms with Crippen molar-refractivity contribution in [3.63, 3.8) is 0 Å². The Hall–Kier alpha value is -0.940. The zero-order valence-corrected chi connectivity index (χ0v) is 11.3. The van der Waals surface area contributed by atoms with Gasteiger partial charge in [0.05, 0.1) is 0 Å². The van der Waals surface area contributed by atoms with Gasteiger partial charge in [-0.15, -0.1) is 0 Å². The molecule has 0 saturated carbocycles. The summed E-state index contributed by atoms with van der Waals surface area (Å²) in [7, 11) is -2.95. The van der Waals surface area contributed by atoms with Crippen LogP contribution in [0.5, 0.6) is 0 Å². The fourth-order valence-corrected chi connectivity index (χ4v) is 2.58. The molecule has 0 aromatic heterocycles. The van der Waals surface area contributed by atoms with Crippen LogP contribution in [0.2, 0.25) is 0 Å². The van der Waals surface area contributed by atoms with Gasteiger partial charge in [-0.25, -0.2) is 12.8 Å². The highest BCUT2D eigenvalue weighted by atomic mass is 32.2. The largest absolute Gasteiger partial charge is 0.396 e. The van der Waals surface area contributed by atoms with Gasteiger partial charge in [-0.2, -0.15) is 0 Å². The van der Waals surface area contributed by atoms with Gasteiger partial charge in [-0.1, -0.05) is 12.1 Å². The van der Waals surface area contributed by atoms with Crippen LogP contribution in [0.3, 0.4) is 0 Å². The Morgan fingerprint density at radius 3 is 2.67 bits per heavy atom. The van der Waals surface area contributed by atoms with E-state index in [1.54, 1.807) is 6.07 Å². The number of hydrogen-bond donors (Lipinski definition) is 1. The van der Waals surface area contributed by atoms with Crippen molar-refractivity contribution >= 4 is 9.84 Å². The maximum atomic E-state index is 13.0. The van der Waals surface area contributed by atoms with E-state index in [2.05, 4.69) is 0 Å². The molecule has 102 valence electrons. The third kappa shape index (κ3) is 6.12. The van der Waals surface area contributed by atoms with Crippen molar-refractivity contribution in [2.24, 2.45) is 5.92 Å². The molecule has 0 fully saturated rings. The molecule has 3 nitrogen and oxygen atoms in total. The molecule has 1 aromatic rings. The van der Waals surface area contributed by atoms with E-state index >= 15 is 0 Å². The second kappa shape index (κ2) is 6.85. The molecule has 1 N–H and O–H groups in total. The first-order valence-electron chi connectivity index (χ1n) is 5.94. The summed E-state index contributed by atoms with van der Waals surface area (Å²) in [6, 6.07) is 6.26. The lowest BCUT2D eigenvalue weighted by atomic mass is 9.96. The van der Waals surface area contributed by atoms with Crippen LogP contribution >= 0.6 is 0 Å². The monoisotopic (exact) mass is 274 g/mol. The first kappa shape index (κ1) is 15.1. The molecule has 0 aliphatic carbocycles. The molecule has 0 bridgehead atoms. The highest BCUT2D eigenvalue weighted by Crippen LogP contribution is 2.15. The second-order valence-corrected chi connectivity index (χ2v) is 6.91. The average molecular weight is 274 g/mol. The Labute approximate surface area is 108 Å². The summed E-state index contributed by atoms with van der Waals surface area (Å²) in [5.74, 6) is -0.180. The zero-order valence-electron chi connectivity index (χ0n) is 10.5. The van der Waals surface area contributed by atoms with Crippen LogP contribution in [0.4, 0.5) is 4.39 Å². The summed E-state index contributed by atoms with van der Waals surface area (Å²) in [4.78, 5) is 0. The van der Waals surface area contributed by atoms with Gasteiger partial charge < -0.3 is 5.11 Å². The number of aliphatic hydroxyl groups excluding tert-OH is 1. The molecular formula is C13H19FO3S. The van der Waals surface area contributed by atoms with E-state index in [9.17, 15) is 17.9 Å². The van der Waals surface area contributed by atoms with Crippen molar-refractivity contribution in [1.29, 1.82) is 0 Å². The first-order valence-corrected chi connectivity index (χ1v) is 8.00. The fraction of sp³-hybridized carbons (Fsp3) is 0.538. The molecule has 0 saturated heterocycles. The van der Waals surface area contributed by atoms with Crippen molar-refractivity contribution in [1.82, 2.24) is 0 Å². The molecule has 0 amide bonds. The number of benzene rings is 1. The van der Waals surface area contributed by atoms with Crippen molar-refractivity contribution in [2.45, 2.75) is 19.3 Å². The van der Waals surface area contributed by atoms with Crippen LogP contribution in [0.25, 0.3) is 0 Å². The Kier molecular flexibility index (Phi) is 5.75. The number of hydrogen-bond acceptors (Lipinski definition) is 3. The Morgan fingerprint density at radius 1 is 1.39 bits per heavy atom. The second-order valence-electron chi connectivity index (χ2n) is 4.65. The van der Waals surface area contributed by atoms with E-state index in [0.29, 0.717) is 19.3 Å². The molecule has 1 atom stereocenters. The lowest BCUT2D eigenvalue weighted by molar-refractivity contribution is 0.217. The van der Waals surface area contributed by atoms with Gasteiger partial charge in [-0.05, 0) is 42.9 Å². The molecule has 0 spiro atoms. The standard InChI is InChI=1S/C13H19FO3S/c1-18(16,17)7-3-5-12(10-15)8-11-4-2-6-13(14)9-11/h2,4,6,9,12,15H,3,5,7-8,10H2,1H3. The maximum absolute atomic E-state index is 13.0. The van der Waals surface area contributed by atoms with Gasteiger partial charge in [0.15, 0.2) is 0 Å². The Morgan fingerprint density at radius 2 is 2.11 bits per heavy atom. The molecule has 1 rings (SSSR count). The highest BCUT2D eigenvalue weighted by molar-refractivity contribution is 7.90. The number of rotatable bonds is 7. The van der Waals surface area contributed by atoms with Gasteiger partial charge >= 0.3 is 0 Å². The van der Waals surface area contributed by atoms with Gasteiger partial charge in [0, 0.05) is 18.6 Å². The van der Waals surface area contributed by atoms with Crippen molar-refractivity contribution in [2.75, 3.05) is 18.6 Å². The van der Waals surface area contributed by atoms with Gasteiger partial charge in [0.25, 0.3) is 0 Å². The molecular weight excluding hydrogens is 255 g/mol. The number of aliphatic hydroxyl groups is 1. The number of sulfone groups is 1. The topological polar surface area (TPSA) is 54.4 Å². The smallest absolute Gasteiger partial charge is 0.147 e. The van der Waals surface area contributed by atoms with Crippen molar-refractivity contribution < 1.29 is 17.9 Å². The molecule has 1 unspecified atom stereocenters. The molecule has 0 aliphatic heterocycles. The normalized spacial score (nSPS) is 13.5. The highest BCUT2D eigenvalue weighted by Gasteiger charge is 2.11. The lowest BCUT2D eigenvalue weighted by Gasteiger charge is -2.13. The van der Waals surface area contributed by atoms with Crippen LogP contribution in [0.1, 0.15) is 18.4 Å². The van der Waals surface area contributed by atoms with E-state index < -0.39 is 9.84 Å². The number of halogens is 1. The van der Waals surface area contributed by atoms with Gasteiger partial charge in [-0.3, -0.25) is 0 Å². The lowest BCUT2D eigenvalue weighted by Crippen LogP contribution is -2.12. The third-order valence-electron chi connectivity index (χ3n) is 2.80. The minimum absolute atomic E-state index is 0.0136. The van der Waals surface area contributed by atoms with Crippen LogP contribution in [-0.4, -0.2) is 32.1 Å². The first-order chi connectivity index (χ1) is 8.40. The van der Waals surface area contributed by atoms with Crippen molar-refractivity contribution in [3.8, 4) is 0 Å². The molecule has 1 aromatic carbocycles. The van der Waals surface area contributed by atoms with E-state index in [-0.39, 0.29) is 24.1 Å². The Bertz CT molecular complexity index is 471.